The molecule has 3 N–H and O–H groups in total. The van der Waals surface area contributed by atoms with E-state index in [0.717, 1.165) is 28.3 Å². The topological polar surface area (TPSA) is 71.9 Å². The van der Waals surface area contributed by atoms with Crippen LogP contribution in [0.2, 0.25) is 0 Å². The molecule has 0 aliphatic heterocycles. The number of para-hydroxylation sites is 1. The van der Waals surface area contributed by atoms with Gasteiger partial charge in [-0.2, -0.15) is 0 Å². The van der Waals surface area contributed by atoms with Gasteiger partial charge < -0.3 is 20.3 Å². The molecule has 30 heavy (non-hydrogen) atoms. The third-order valence-electron chi connectivity index (χ3n) is 5.58. The van der Waals surface area contributed by atoms with Gasteiger partial charge in [-0.1, -0.05) is 32.0 Å². The van der Waals surface area contributed by atoms with E-state index >= 15 is 0 Å². The van der Waals surface area contributed by atoms with E-state index in [-0.39, 0.29) is 24.4 Å². The molecule has 0 aromatic heterocycles. The zero-order valence-electron chi connectivity index (χ0n) is 18.6. The Morgan fingerprint density at radius 2 is 1.67 bits per heavy atom. The first-order valence-electron chi connectivity index (χ1n) is 10.6. The number of hydrogen-bond donors (Lipinski definition) is 3. The normalized spacial score (nSPS) is 13.8. The minimum absolute atomic E-state index is 0.0835. The predicted molar refractivity (Wildman–Crippen MR) is 121 cm³/mol. The molecule has 0 radical (unpaired) electrons. The monoisotopic (exact) mass is 412 g/mol. The molecule has 2 rings (SSSR count). The maximum absolute atomic E-state index is 12.9. The number of hydrogen-bond acceptors (Lipinski definition) is 3. The van der Waals surface area contributed by atoms with Crippen molar-refractivity contribution in [3.63, 3.8) is 0 Å². The second-order valence-corrected chi connectivity index (χ2v) is 7.57. The van der Waals surface area contributed by atoms with E-state index in [9.17, 15) is 9.59 Å². The fourth-order valence-electron chi connectivity index (χ4n) is 3.36. The number of amides is 2. The van der Waals surface area contributed by atoms with Crippen LogP contribution in [-0.2, 0) is 9.59 Å². The molecule has 0 heterocycles. The molecule has 2 aromatic rings. The molecule has 0 saturated carbocycles. The lowest BCUT2D eigenvalue weighted by atomic mass is 9.97. The molecule has 0 fully saturated rings. The summed E-state index contributed by atoms with van der Waals surface area (Å²) < 4.78 is 5.13. The van der Waals surface area contributed by atoms with Gasteiger partial charge in [-0.3, -0.25) is 9.59 Å². The van der Waals surface area contributed by atoms with Crippen molar-refractivity contribution in [1.82, 2.24) is 0 Å². The van der Waals surface area contributed by atoms with Crippen LogP contribution >= 0.6 is 0 Å². The summed E-state index contributed by atoms with van der Waals surface area (Å²) >= 11 is 0. The number of rotatable bonds is 10. The van der Waals surface area contributed by atoms with E-state index in [4.69, 9.17) is 4.74 Å². The molecule has 2 aromatic carbocycles. The van der Waals surface area contributed by atoms with Crippen LogP contribution in [0.25, 0.3) is 0 Å². The Morgan fingerprint density at radius 1 is 1.00 bits per heavy atom. The molecule has 3 atom stereocenters. The summed E-state index contributed by atoms with van der Waals surface area (Å²) in [5.74, 6) is 0.884. The molecule has 0 spiro atoms. The Kier molecular flexibility index (Phi) is 8.87. The first-order valence-corrected chi connectivity index (χ1v) is 10.6. The summed E-state index contributed by atoms with van der Waals surface area (Å²) in [5.41, 5.74) is 2.69. The van der Waals surface area contributed by atoms with Gasteiger partial charge in [0, 0.05) is 11.4 Å². The first kappa shape index (κ1) is 23.4. The molecular formula is C24H34N3O3+. The van der Waals surface area contributed by atoms with Crippen LogP contribution in [0.4, 0.5) is 11.4 Å². The van der Waals surface area contributed by atoms with Crippen molar-refractivity contribution in [1.29, 1.82) is 0 Å². The Hall–Kier alpha value is -2.86. The first-order chi connectivity index (χ1) is 14.4. The van der Waals surface area contributed by atoms with Gasteiger partial charge in [-0.15, -0.1) is 0 Å². The van der Waals surface area contributed by atoms with Crippen LogP contribution in [0, 0.1) is 0 Å². The van der Waals surface area contributed by atoms with Crippen LogP contribution in [0.1, 0.15) is 45.6 Å². The predicted octanol–water partition coefficient (Wildman–Crippen LogP) is 3.08. The van der Waals surface area contributed by atoms with Gasteiger partial charge in [0.2, 0.25) is 0 Å². The lowest BCUT2D eigenvalue weighted by Crippen LogP contribution is -3.17. The number of ether oxygens (including phenoxy) is 1. The Balaban J connectivity index is 2.00. The number of methoxy groups -OCH3 is 1. The minimum atomic E-state index is -0.360. The van der Waals surface area contributed by atoms with E-state index in [0.29, 0.717) is 18.2 Å². The van der Waals surface area contributed by atoms with Crippen molar-refractivity contribution in [2.24, 2.45) is 0 Å². The van der Waals surface area contributed by atoms with Gasteiger partial charge in [0.25, 0.3) is 11.8 Å². The number of anilines is 2. The van der Waals surface area contributed by atoms with E-state index in [1.54, 1.807) is 31.4 Å². The number of nitrogens with one attached hydrogen (secondary N) is 3. The third kappa shape index (κ3) is 6.32. The van der Waals surface area contributed by atoms with E-state index in [2.05, 4.69) is 30.5 Å². The maximum atomic E-state index is 12.9. The van der Waals surface area contributed by atoms with Crippen molar-refractivity contribution in [3.05, 3.63) is 54.1 Å². The lowest BCUT2D eigenvalue weighted by Gasteiger charge is -2.24. The zero-order valence-corrected chi connectivity index (χ0v) is 18.6. The van der Waals surface area contributed by atoms with Gasteiger partial charge in [0.05, 0.1) is 13.7 Å². The lowest BCUT2D eigenvalue weighted by molar-refractivity contribution is -0.904. The van der Waals surface area contributed by atoms with Crippen LogP contribution in [-0.4, -0.2) is 38.1 Å². The standard InChI is InChI=1S/C24H33N3O3/c1-6-17(3)21-10-8-9-11-22(21)26-24(29)18(4)27(7-2)16-23(28)25-19-12-14-20(30-5)15-13-19/h8-15,17-18H,6-7,16H2,1-5H3,(H,25,28)(H,26,29)/p+1/t17-,18-/m1/s1. The molecule has 162 valence electrons. The van der Waals surface area contributed by atoms with Crippen LogP contribution in [0.15, 0.2) is 48.5 Å². The van der Waals surface area contributed by atoms with Gasteiger partial charge in [-0.05, 0) is 62.1 Å². The van der Waals surface area contributed by atoms with Gasteiger partial charge in [0.15, 0.2) is 12.6 Å². The summed E-state index contributed by atoms with van der Waals surface area (Å²) in [4.78, 5) is 26.3. The average molecular weight is 413 g/mol. The summed E-state index contributed by atoms with van der Waals surface area (Å²) in [6, 6.07) is 14.7. The van der Waals surface area contributed by atoms with Crippen LogP contribution < -0.4 is 20.3 Å². The number of quaternary nitrogens is 1. The highest BCUT2D eigenvalue weighted by Crippen LogP contribution is 2.26. The molecular weight excluding hydrogens is 378 g/mol. The number of carbonyl (C=O) groups excluding carboxylic acids is 2. The fourth-order valence-corrected chi connectivity index (χ4v) is 3.36. The molecule has 6 nitrogen and oxygen atoms in total. The molecule has 0 saturated heterocycles. The third-order valence-corrected chi connectivity index (χ3v) is 5.58. The number of carbonyl (C=O) groups is 2. The molecule has 0 aliphatic rings. The van der Waals surface area contributed by atoms with Gasteiger partial charge >= 0.3 is 0 Å². The van der Waals surface area contributed by atoms with Crippen molar-refractivity contribution in [3.8, 4) is 5.75 Å². The van der Waals surface area contributed by atoms with Crippen molar-refractivity contribution in [2.75, 3.05) is 30.8 Å². The Bertz CT molecular complexity index is 836. The molecule has 1 unspecified atom stereocenters. The average Bonchev–Trinajstić information content (AvgIpc) is 2.77. The van der Waals surface area contributed by atoms with Crippen molar-refractivity contribution in [2.45, 2.75) is 46.1 Å². The molecule has 0 aliphatic carbocycles. The van der Waals surface area contributed by atoms with E-state index in [1.165, 1.54) is 0 Å². The summed E-state index contributed by atoms with van der Waals surface area (Å²) in [6.07, 6.45) is 1.00. The highest BCUT2D eigenvalue weighted by molar-refractivity contribution is 5.95. The highest BCUT2D eigenvalue weighted by atomic mass is 16.5. The zero-order chi connectivity index (χ0) is 22.1. The molecule has 0 bridgehead atoms. The number of likely N-dealkylation sites (N-methyl/N-ethyl adjacent to an activating group) is 1. The minimum Gasteiger partial charge on any atom is -0.497 e. The quantitative estimate of drug-likeness (QED) is 0.562. The fraction of sp³-hybridized carbons (Fsp3) is 0.417. The summed E-state index contributed by atoms with van der Waals surface area (Å²) in [7, 11) is 1.60. The summed E-state index contributed by atoms with van der Waals surface area (Å²) in [5, 5.41) is 5.96. The number of benzene rings is 2. The Morgan fingerprint density at radius 3 is 2.27 bits per heavy atom. The van der Waals surface area contributed by atoms with Gasteiger partial charge in [-0.25, -0.2) is 0 Å². The SMILES string of the molecule is CC[C@@H](C)c1ccccc1NC(=O)[C@@H](C)[NH+](CC)CC(=O)Nc1ccc(OC)cc1. The smallest absolute Gasteiger partial charge is 0.282 e. The van der Waals surface area contributed by atoms with Gasteiger partial charge in [0.1, 0.15) is 5.75 Å². The highest BCUT2D eigenvalue weighted by Gasteiger charge is 2.26. The largest absolute Gasteiger partial charge is 0.497 e. The second-order valence-electron chi connectivity index (χ2n) is 7.57. The Labute approximate surface area is 179 Å². The second kappa shape index (κ2) is 11.4. The van der Waals surface area contributed by atoms with Crippen molar-refractivity contribution >= 4 is 23.2 Å². The van der Waals surface area contributed by atoms with E-state index < -0.39 is 0 Å². The van der Waals surface area contributed by atoms with Crippen LogP contribution in [0.3, 0.4) is 0 Å². The van der Waals surface area contributed by atoms with E-state index in [1.807, 2.05) is 32.0 Å². The molecule has 6 heteroatoms. The molecule has 2 amide bonds. The maximum Gasteiger partial charge on any atom is 0.282 e. The van der Waals surface area contributed by atoms with Crippen LogP contribution in [0.5, 0.6) is 5.75 Å². The van der Waals surface area contributed by atoms with Crippen molar-refractivity contribution < 1.29 is 19.2 Å². The summed E-state index contributed by atoms with van der Waals surface area (Å²) in [6.45, 7) is 9.01.